The SMILES string of the molecule is CCN(CC(C)C)C1(CN)CCOC(C)C1. The molecule has 1 heterocycles. The maximum atomic E-state index is 6.06. The van der Waals surface area contributed by atoms with Gasteiger partial charge in [0.05, 0.1) is 6.10 Å². The fraction of sp³-hybridized carbons (Fsp3) is 1.00. The first-order valence-corrected chi connectivity index (χ1v) is 6.61. The van der Waals surface area contributed by atoms with Crippen molar-refractivity contribution in [3.63, 3.8) is 0 Å². The Balaban J connectivity index is 2.74. The number of rotatable bonds is 5. The Bertz CT molecular complexity index is 208. The third kappa shape index (κ3) is 3.19. The van der Waals surface area contributed by atoms with E-state index in [0.717, 1.165) is 39.1 Å². The zero-order valence-electron chi connectivity index (χ0n) is 11.3. The number of likely N-dealkylation sites (N-methyl/N-ethyl adjacent to an activating group) is 1. The fourth-order valence-corrected chi connectivity index (χ4v) is 2.85. The molecule has 3 nitrogen and oxygen atoms in total. The molecule has 1 aliphatic heterocycles. The van der Waals surface area contributed by atoms with Gasteiger partial charge in [0.25, 0.3) is 0 Å². The summed E-state index contributed by atoms with van der Waals surface area (Å²) in [5.74, 6) is 0.696. The molecule has 0 saturated carbocycles. The first-order chi connectivity index (χ1) is 7.54. The molecule has 1 fully saturated rings. The lowest BCUT2D eigenvalue weighted by atomic mass is 9.84. The standard InChI is InChI=1S/C13H28N2O/c1-5-15(9-11(2)3)13(10-14)6-7-16-12(4)8-13/h11-12H,5-10,14H2,1-4H3. The Morgan fingerprint density at radius 2 is 2.19 bits per heavy atom. The van der Waals surface area contributed by atoms with E-state index < -0.39 is 0 Å². The van der Waals surface area contributed by atoms with Gasteiger partial charge in [-0.05, 0) is 32.2 Å². The van der Waals surface area contributed by atoms with Gasteiger partial charge in [-0.25, -0.2) is 0 Å². The molecule has 0 aliphatic carbocycles. The average molecular weight is 228 g/mol. The van der Waals surface area contributed by atoms with E-state index in [4.69, 9.17) is 10.5 Å². The van der Waals surface area contributed by atoms with Crippen molar-refractivity contribution in [1.82, 2.24) is 4.90 Å². The van der Waals surface area contributed by atoms with Crippen molar-refractivity contribution < 1.29 is 4.74 Å². The molecular weight excluding hydrogens is 200 g/mol. The molecule has 2 unspecified atom stereocenters. The highest BCUT2D eigenvalue weighted by atomic mass is 16.5. The topological polar surface area (TPSA) is 38.5 Å². The summed E-state index contributed by atoms with van der Waals surface area (Å²) in [6.45, 7) is 12.8. The molecular formula is C13H28N2O. The van der Waals surface area contributed by atoms with Gasteiger partial charge in [-0.1, -0.05) is 20.8 Å². The van der Waals surface area contributed by atoms with Crippen LogP contribution in [-0.4, -0.2) is 42.8 Å². The molecule has 3 heteroatoms. The third-order valence-electron chi connectivity index (χ3n) is 3.66. The largest absolute Gasteiger partial charge is 0.378 e. The maximum Gasteiger partial charge on any atom is 0.0565 e. The van der Waals surface area contributed by atoms with Crippen molar-refractivity contribution in [3.05, 3.63) is 0 Å². The molecule has 1 rings (SSSR count). The number of ether oxygens (including phenoxy) is 1. The molecule has 0 amide bonds. The van der Waals surface area contributed by atoms with Gasteiger partial charge in [0.15, 0.2) is 0 Å². The minimum atomic E-state index is 0.177. The van der Waals surface area contributed by atoms with Crippen LogP contribution in [0.1, 0.15) is 40.5 Å². The van der Waals surface area contributed by atoms with E-state index in [0.29, 0.717) is 12.0 Å². The first-order valence-electron chi connectivity index (χ1n) is 6.61. The Morgan fingerprint density at radius 3 is 2.62 bits per heavy atom. The van der Waals surface area contributed by atoms with Gasteiger partial charge in [0.2, 0.25) is 0 Å². The fourth-order valence-electron chi connectivity index (χ4n) is 2.85. The molecule has 0 radical (unpaired) electrons. The predicted molar refractivity (Wildman–Crippen MR) is 68.5 cm³/mol. The van der Waals surface area contributed by atoms with E-state index in [2.05, 4.69) is 32.6 Å². The number of hydrogen-bond acceptors (Lipinski definition) is 3. The molecule has 2 N–H and O–H groups in total. The van der Waals surface area contributed by atoms with Gasteiger partial charge in [-0.15, -0.1) is 0 Å². The lowest BCUT2D eigenvalue weighted by Crippen LogP contribution is -2.59. The average Bonchev–Trinajstić information content (AvgIpc) is 2.25. The number of nitrogens with two attached hydrogens (primary N) is 1. The second kappa shape index (κ2) is 5.99. The maximum absolute atomic E-state index is 6.06. The van der Waals surface area contributed by atoms with Crippen molar-refractivity contribution in [2.45, 2.75) is 52.2 Å². The van der Waals surface area contributed by atoms with E-state index in [1.54, 1.807) is 0 Å². The normalized spacial score (nSPS) is 31.3. The summed E-state index contributed by atoms with van der Waals surface area (Å²) in [4.78, 5) is 2.57. The molecule has 1 aliphatic rings. The summed E-state index contributed by atoms with van der Waals surface area (Å²) < 4.78 is 5.65. The third-order valence-corrected chi connectivity index (χ3v) is 3.66. The molecule has 16 heavy (non-hydrogen) atoms. The summed E-state index contributed by atoms with van der Waals surface area (Å²) in [7, 11) is 0. The van der Waals surface area contributed by atoms with Crippen molar-refractivity contribution in [2.75, 3.05) is 26.2 Å². The molecule has 0 bridgehead atoms. The van der Waals surface area contributed by atoms with Crippen LogP contribution in [-0.2, 0) is 4.74 Å². The van der Waals surface area contributed by atoms with E-state index in [1.807, 2.05) is 0 Å². The van der Waals surface area contributed by atoms with Crippen LogP contribution in [0, 0.1) is 5.92 Å². The van der Waals surface area contributed by atoms with Gasteiger partial charge in [-0.2, -0.15) is 0 Å². The Morgan fingerprint density at radius 1 is 1.50 bits per heavy atom. The van der Waals surface area contributed by atoms with Crippen LogP contribution in [0.4, 0.5) is 0 Å². The van der Waals surface area contributed by atoms with Gasteiger partial charge in [0, 0.05) is 25.2 Å². The summed E-state index contributed by atoms with van der Waals surface area (Å²) in [6, 6.07) is 0. The molecule has 2 atom stereocenters. The van der Waals surface area contributed by atoms with Crippen LogP contribution >= 0.6 is 0 Å². The molecule has 1 saturated heterocycles. The zero-order valence-corrected chi connectivity index (χ0v) is 11.3. The minimum Gasteiger partial charge on any atom is -0.378 e. The summed E-state index contributed by atoms with van der Waals surface area (Å²) in [5, 5.41) is 0. The highest BCUT2D eigenvalue weighted by Crippen LogP contribution is 2.30. The summed E-state index contributed by atoms with van der Waals surface area (Å²) >= 11 is 0. The molecule has 0 aromatic rings. The van der Waals surface area contributed by atoms with Crippen LogP contribution in [0.5, 0.6) is 0 Å². The van der Waals surface area contributed by atoms with Crippen LogP contribution in [0.2, 0.25) is 0 Å². The van der Waals surface area contributed by atoms with E-state index in [1.165, 1.54) is 0 Å². The summed E-state index contributed by atoms with van der Waals surface area (Å²) in [5.41, 5.74) is 6.23. The quantitative estimate of drug-likeness (QED) is 0.780. The molecule has 0 aromatic heterocycles. The minimum absolute atomic E-state index is 0.177. The van der Waals surface area contributed by atoms with Crippen LogP contribution < -0.4 is 5.73 Å². The summed E-state index contributed by atoms with van der Waals surface area (Å²) in [6.07, 6.45) is 2.50. The smallest absolute Gasteiger partial charge is 0.0565 e. The van der Waals surface area contributed by atoms with E-state index in [-0.39, 0.29) is 5.54 Å². The van der Waals surface area contributed by atoms with Crippen molar-refractivity contribution in [2.24, 2.45) is 11.7 Å². The zero-order chi connectivity index (χ0) is 12.2. The molecule has 0 spiro atoms. The van der Waals surface area contributed by atoms with E-state index in [9.17, 15) is 0 Å². The van der Waals surface area contributed by atoms with Crippen LogP contribution in [0.3, 0.4) is 0 Å². The monoisotopic (exact) mass is 228 g/mol. The first kappa shape index (κ1) is 13.9. The molecule has 0 aromatic carbocycles. The lowest BCUT2D eigenvalue weighted by Gasteiger charge is -2.48. The van der Waals surface area contributed by atoms with Crippen molar-refractivity contribution in [3.8, 4) is 0 Å². The van der Waals surface area contributed by atoms with Gasteiger partial charge < -0.3 is 10.5 Å². The lowest BCUT2D eigenvalue weighted by molar-refractivity contribution is -0.0652. The number of hydrogen-bond donors (Lipinski definition) is 1. The van der Waals surface area contributed by atoms with Gasteiger partial charge in [-0.3, -0.25) is 4.90 Å². The Hall–Kier alpha value is -0.120. The van der Waals surface area contributed by atoms with Crippen molar-refractivity contribution >= 4 is 0 Å². The van der Waals surface area contributed by atoms with E-state index >= 15 is 0 Å². The van der Waals surface area contributed by atoms with Crippen LogP contribution in [0.25, 0.3) is 0 Å². The molecule has 96 valence electrons. The van der Waals surface area contributed by atoms with Crippen molar-refractivity contribution in [1.29, 1.82) is 0 Å². The number of nitrogens with zero attached hydrogens (tertiary/aromatic N) is 1. The second-order valence-electron chi connectivity index (χ2n) is 5.50. The van der Waals surface area contributed by atoms with Gasteiger partial charge >= 0.3 is 0 Å². The Labute approximate surface area is 100 Å². The second-order valence-corrected chi connectivity index (χ2v) is 5.50. The highest BCUT2D eigenvalue weighted by molar-refractivity contribution is 4.95. The predicted octanol–water partition coefficient (Wildman–Crippen LogP) is 1.86. The van der Waals surface area contributed by atoms with Crippen LogP contribution in [0.15, 0.2) is 0 Å². The highest BCUT2D eigenvalue weighted by Gasteiger charge is 2.39. The Kier molecular flexibility index (Phi) is 5.22. The van der Waals surface area contributed by atoms with Gasteiger partial charge in [0.1, 0.15) is 0 Å².